The van der Waals surface area contributed by atoms with E-state index in [1.807, 2.05) is 28.0 Å². The second-order valence-corrected chi connectivity index (χ2v) is 9.22. The van der Waals surface area contributed by atoms with Gasteiger partial charge in [0, 0.05) is 44.7 Å². The van der Waals surface area contributed by atoms with Gasteiger partial charge in [0.2, 0.25) is 5.91 Å². The number of carbonyl (C=O) groups excluding carboxylic acids is 2. The third-order valence-corrected chi connectivity index (χ3v) is 6.81. The number of ketones is 1. The van der Waals surface area contributed by atoms with Crippen molar-refractivity contribution in [2.75, 3.05) is 31.1 Å². The first-order valence-electron chi connectivity index (χ1n) is 11.9. The number of unbranched alkanes of at least 4 members (excludes halogenated alkanes) is 2. The number of benzene rings is 2. The van der Waals surface area contributed by atoms with Crippen LogP contribution in [0.4, 0.5) is 10.1 Å². The lowest BCUT2D eigenvalue weighted by Gasteiger charge is -2.36. The predicted octanol–water partition coefficient (Wildman–Crippen LogP) is 4.31. The third kappa shape index (κ3) is 5.67. The second-order valence-electron chi connectivity index (χ2n) is 8.83. The Hall–Kier alpha value is -3.33. The summed E-state index contributed by atoms with van der Waals surface area (Å²) in [6, 6.07) is 11.9. The molecule has 2 heterocycles. The molecule has 35 heavy (non-hydrogen) atoms. The van der Waals surface area contributed by atoms with Crippen LogP contribution in [0, 0.1) is 10.6 Å². The molecule has 0 unspecified atom stereocenters. The van der Waals surface area contributed by atoms with Crippen LogP contribution in [0.1, 0.15) is 43.0 Å². The van der Waals surface area contributed by atoms with Crippen LogP contribution in [-0.4, -0.2) is 52.3 Å². The van der Waals surface area contributed by atoms with Gasteiger partial charge >= 0.3 is 0 Å². The van der Waals surface area contributed by atoms with Crippen LogP contribution in [0.2, 0.25) is 0 Å². The number of carbonyl (C=O) groups is 2. The standard InChI is InChI=1S/C26H29FN4O3S/c1-18(32)19-10-11-23(21(27)17-19)29-13-15-30(16-14-29)24(33)9-3-2-6-12-31-25(34)20-7-4-5-8-22(20)28-26(31)35/h4-5,7-8,10-11,17H,2-3,6,9,12-16H2,1H3,(H,28,35). The van der Waals surface area contributed by atoms with E-state index in [9.17, 15) is 18.8 Å². The van der Waals surface area contributed by atoms with Crippen LogP contribution in [0.5, 0.6) is 0 Å². The number of anilines is 1. The maximum atomic E-state index is 14.4. The van der Waals surface area contributed by atoms with Crippen molar-refractivity contribution in [2.24, 2.45) is 0 Å². The summed E-state index contributed by atoms with van der Waals surface area (Å²) in [5.74, 6) is -0.488. The highest BCUT2D eigenvalue weighted by Gasteiger charge is 2.23. The molecule has 0 spiro atoms. The molecule has 0 bridgehead atoms. The Balaban J connectivity index is 1.22. The summed E-state index contributed by atoms with van der Waals surface area (Å²) in [7, 11) is 0. The van der Waals surface area contributed by atoms with Crippen molar-refractivity contribution < 1.29 is 14.0 Å². The quantitative estimate of drug-likeness (QED) is 0.286. The molecule has 1 aromatic heterocycles. The van der Waals surface area contributed by atoms with E-state index in [4.69, 9.17) is 12.2 Å². The van der Waals surface area contributed by atoms with Crippen molar-refractivity contribution >= 4 is 40.5 Å². The second kappa shape index (κ2) is 10.9. The third-order valence-electron chi connectivity index (χ3n) is 6.49. The normalized spacial score (nSPS) is 13.9. The van der Waals surface area contributed by atoms with E-state index >= 15 is 0 Å². The SMILES string of the molecule is CC(=O)c1ccc(N2CCN(C(=O)CCCCCn3c(=S)[nH]c4ccccc4c3=O)CC2)c(F)c1. The molecule has 0 atom stereocenters. The van der Waals surface area contributed by atoms with Crippen molar-refractivity contribution in [3.63, 3.8) is 0 Å². The Morgan fingerprint density at radius 1 is 1.03 bits per heavy atom. The number of aromatic amines is 1. The summed E-state index contributed by atoms with van der Waals surface area (Å²) >= 11 is 5.35. The zero-order chi connectivity index (χ0) is 24.9. The van der Waals surface area contributed by atoms with Crippen LogP contribution < -0.4 is 10.5 Å². The molecule has 9 heteroatoms. The molecule has 0 saturated carbocycles. The summed E-state index contributed by atoms with van der Waals surface area (Å²) in [4.78, 5) is 43.6. The molecule has 2 aromatic carbocycles. The van der Waals surface area contributed by atoms with Gasteiger partial charge in [0.25, 0.3) is 5.56 Å². The fourth-order valence-electron chi connectivity index (χ4n) is 4.46. The number of aromatic nitrogens is 2. The summed E-state index contributed by atoms with van der Waals surface area (Å²) in [5, 5.41) is 0.616. The number of Topliss-reactive ketones (excluding diaryl/α,β-unsaturated/α-hetero) is 1. The number of H-pyrrole nitrogens is 1. The lowest BCUT2D eigenvalue weighted by Crippen LogP contribution is -2.49. The number of nitrogens with zero attached hydrogens (tertiary/aromatic N) is 3. The molecule has 7 nitrogen and oxygen atoms in total. The summed E-state index contributed by atoms with van der Waals surface area (Å²) in [6.45, 7) is 4.09. The molecule has 0 aliphatic carbocycles. The van der Waals surface area contributed by atoms with Gasteiger partial charge in [-0.15, -0.1) is 0 Å². The monoisotopic (exact) mass is 496 g/mol. The molecule has 1 fully saturated rings. The highest BCUT2D eigenvalue weighted by atomic mass is 32.1. The summed E-state index contributed by atoms with van der Waals surface area (Å²) in [5.41, 5.74) is 1.46. The lowest BCUT2D eigenvalue weighted by molar-refractivity contribution is -0.131. The van der Waals surface area contributed by atoms with Crippen molar-refractivity contribution in [1.82, 2.24) is 14.5 Å². The number of para-hydroxylation sites is 1. The van der Waals surface area contributed by atoms with Crippen LogP contribution in [0.3, 0.4) is 0 Å². The number of rotatable bonds is 8. The van der Waals surface area contributed by atoms with Gasteiger partial charge < -0.3 is 14.8 Å². The smallest absolute Gasteiger partial charge is 0.262 e. The van der Waals surface area contributed by atoms with Crippen LogP contribution in [0.25, 0.3) is 10.9 Å². The Labute approximate surface area is 208 Å². The van der Waals surface area contributed by atoms with Crippen LogP contribution >= 0.6 is 12.2 Å². The Kier molecular flexibility index (Phi) is 7.75. The highest BCUT2D eigenvalue weighted by molar-refractivity contribution is 7.71. The molecule has 1 aliphatic rings. The van der Waals surface area contributed by atoms with Gasteiger partial charge in [-0.25, -0.2) is 4.39 Å². The van der Waals surface area contributed by atoms with E-state index in [1.165, 1.54) is 13.0 Å². The molecule has 1 saturated heterocycles. The molecule has 184 valence electrons. The minimum atomic E-state index is -0.414. The van der Waals surface area contributed by atoms with E-state index in [0.29, 0.717) is 60.6 Å². The van der Waals surface area contributed by atoms with E-state index in [-0.39, 0.29) is 17.2 Å². The van der Waals surface area contributed by atoms with Gasteiger partial charge in [0.15, 0.2) is 10.6 Å². The van der Waals surface area contributed by atoms with Crippen LogP contribution in [-0.2, 0) is 11.3 Å². The first-order chi connectivity index (χ1) is 16.8. The Morgan fingerprint density at radius 3 is 2.49 bits per heavy atom. The van der Waals surface area contributed by atoms with Crippen molar-refractivity contribution in [1.29, 1.82) is 0 Å². The average Bonchev–Trinajstić information content (AvgIpc) is 2.85. The van der Waals surface area contributed by atoms with E-state index in [1.54, 1.807) is 22.8 Å². The van der Waals surface area contributed by atoms with Crippen molar-refractivity contribution in [3.8, 4) is 0 Å². The summed E-state index contributed by atoms with van der Waals surface area (Å²) < 4.78 is 16.4. The van der Waals surface area contributed by atoms with Gasteiger partial charge in [0.05, 0.1) is 16.6 Å². The molecular weight excluding hydrogens is 467 g/mol. The fraction of sp³-hybridized carbons (Fsp3) is 0.385. The number of hydrogen-bond acceptors (Lipinski definition) is 5. The fourth-order valence-corrected chi connectivity index (χ4v) is 4.75. The maximum absolute atomic E-state index is 14.4. The number of hydrogen-bond donors (Lipinski definition) is 1. The zero-order valence-electron chi connectivity index (χ0n) is 19.8. The van der Waals surface area contributed by atoms with Gasteiger partial charge in [-0.2, -0.15) is 0 Å². The lowest BCUT2D eigenvalue weighted by atomic mass is 10.1. The minimum Gasteiger partial charge on any atom is -0.366 e. The van der Waals surface area contributed by atoms with Gasteiger partial charge in [-0.1, -0.05) is 18.6 Å². The van der Waals surface area contributed by atoms with E-state index < -0.39 is 5.82 Å². The number of nitrogens with one attached hydrogen (secondary N) is 1. The van der Waals surface area contributed by atoms with Crippen molar-refractivity contribution in [2.45, 2.75) is 39.2 Å². The number of fused-ring (bicyclic) bond motifs is 1. The average molecular weight is 497 g/mol. The van der Waals surface area contributed by atoms with E-state index in [0.717, 1.165) is 24.8 Å². The molecular formula is C26H29FN4O3S. The number of piperazine rings is 1. The molecule has 0 radical (unpaired) electrons. The molecule has 4 rings (SSSR count). The maximum Gasteiger partial charge on any atom is 0.262 e. The minimum absolute atomic E-state index is 0.0920. The van der Waals surface area contributed by atoms with Gasteiger partial charge in [-0.05, 0) is 62.3 Å². The van der Waals surface area contributed by atoms with Crippen molar-refractivity contribution in [3.05, 3.63) is 69.0 Å². The number of amides is 1. The first kappa shape index (κ1) is 24.8. The Morgan fingerprint density at radius 2 is 1.77 bits per heavy atom. The molecule has 1 N–H and O–H groups in total. The molecule has 3 aromatic rings. The van der Waals surface area contributed by atoms with Gasteiger partial charge in [-0.3, -0.25) is 19.0 Å². The predicted molar refractivity (Wildman–Crippen MR) is 137 cm³/mol. The molecule has 1 aliphatic heterocycles. The molecule has 1 amide bonds. The van der Waals surface area contributed by atoms with Gasteiger partial charge in [0.1, 0.15) is 5.82 Å². The first-order valence-corrected chi connectivity index (χ1v) is 12.3. The van der Waals surface area contributed by atoms with Crippen LogP contribution in [0.15, 0.2) is 47.3 Å². The Bertz CT molecular complexity index is 1360. The largest absolute Gasteiger partial charge is 0.366 e. The zero-order valence-corrected chi connectivity index (χ0v) is 20.6. The topological polar surface area (TPSA) is 78.4 Å². The summed E-state index contributed by atoms with van der Waals surface area (Å²) in [6.07, 6.45) is 2.75. The number of halogens is 1. The van der Waals surface area contributed by atoms with E-state index in [2.05, 4.69) is 4.98 Å². The highest BCUT2D eigenvalue weighted by Crippen LogP contribution is 2.22.